The molecule has 0 saturated carbocycles. The summed E-state index contributed by atoms with van der Waals surface area (Å²) in [6.07, 6.45) is -0.490. The van der Waals surface area contributed by atoms with Gasteiger partial charge < -0.3 is 24.7 Å². The predicted octanol–water partition coefficient (Wildman–Crippen LogP) is 1.22. The van der Waals surface area contributed by atoms with E-state index in [9.17, 15) is 24.8 Å². The van der Waals surface area contributed by atoms with Gasteiger partial charge in [0.05, 0.1) is 25.2 Å². The Bertz CT molecular complexity index is 867. The van der Waals surface area contributed by atoms with Crippen LogP contribution in [0, 0.1) is 10.1 Å². The zero-order valence-electron chi connectivity index (χ0n) is 14.6. The molecule has 1 amide bonds. The maximum absolute atomic E-state index is 12.5. The highest BCUT2D eigenvalue weighted by molar-refractivity contribution is 5.95. The van der Waals surface area contributed by atoms with Gasteiger partial charge in [-0.05, 0) is 23.8 Å². The Kier molecular flexibility index (Phi) is 6.32. The molecule has 0 heterocycles. The van der Waals surface area contributed by atoms with Gasteiger partial charge in [-0.1, -0.05) is 12.1 Å². The van der Waals surface area contributed by atoms with Gasteiger partial charge in [-0.2, -0.15) is 0 Å². The number of carbonyl (C=O) groups is 2. The molecule has 0 fully saturated rings. The molecule has 0 spiro atoms. The molecular formula is C18H17N2O7-. The number of nitrogens with one attached hydrogen (secondary N) is 1. The van der Waals surface area contributed by atoms with Gasteiger partial charge in [0, 0.05) is 30.1 Å². The van der Waals surface area contributed by atoms with Gasteiger partial charge in [0.25, 0.3) is 11.6 Å². The van der Waals surface area contributed by atoms with Crippen LogP contribution >= 0.6 is 0 Å². The van der Waals surface area contributed by atoms with E-state index in [4.69, 9.17) is 9.47 Å². The molecule has 0 unspecified atom stereocenters. The summed E-state index contributed by atoms with van der Waals surface area (Å²) in [5.74, 6) is -1.21. The van der Waals surface area contributed by atoms with Crippen LogP contribution in [-0.2, 0) is 4.79 Å². The van der Waals surface area contributed by atoms with Crippen LogP contribution in [0.25, 0.3) is 0 Å². The summed E-state index contributed by atoms with van der Waals surface area (Å²) in [4.78, 5) is 33.8. The summed E-state index contributed by atoms with van der Waals surface area (Å²) < 4.78 is 10.3. The number of carbonyl (C=O) groups excluding carboxylic acids is 2. The number of ether oxygens (including phenoxy) is 2. The van der Waals surface area contributed by atoms with Crippen LogP contribution in [0.15, 0.2) is 42.5 Å². The summed E-state index contributed by atoms with van der Waals surface area (Å²) in [6, 6.07) is 8.91. The van der Waals surface area contributed by atoms with Crippen LogP contribution in [0.4, 0.5) is 5.69 Å². The molecule has 0 aliphatic carbocycles. The van der Waals surface area contributed by atoms with Crippen LogP contribution < -0.4 is 19.9 Å². The summed E-state index contributed by atoms with van der Waals surface area (Å²) in [7, 11) is 2.89. The van der Waals surface area contributed by atoms with Crippen molar-refractivity contribution in [2.24, 2.45) is 0 Å². The van der Waals surface area contributed by atoms with Crippen molar-refractivity contribution in [3.05, 3.63) is 63.7 Å². The van der Waals surface area contributed by atoms with Gasteiger partial charge in [-0.3, -0.25) is 14.9 Å². The topological polar surface area (TPSA) is 131 Å². The molecule has 0 aliphatic rings. The number of carboxylic acid groups (broad SMARTS) is 1. The lowest BCUT2D eigenvalue weighted by molar-refractivity contribution is -0.384. The molecule has 1 N–H and O–H groups in total. The second-order valence-electron chi connectivity index (χ2n) is 5.52. The van der Waals surface area contributed by atoms with E-state index >= 15 is 0 Å². The van der Waals surface area contributed by atoms with E-state index in [1.807, 2.05) is 0 Å². The second-order valence-corrected chi connectivity index (χ2v) is 5.52. The molecular weight excluding hydrogens is 356 g/mol. The number of non-ortho nitro benzene ring substituents is 1. The van der Waals surface area contributed by atoms with Crippen molar-refractivity contribution in [2.75, 3.05) is 14.2 Å². The minimum Gasteiger partial charge on any atom is -0.550 e. The largest absolute Gasteiger partial charge is 0.550 e. The Morgan fingerprint density at radius 1 is 1.11 bits per heavy atom. The molecule has 0 saturated heterocycles. The lowest BCUT2D eigenvalue weighted by Gasteiger charge is -2.21. The van der Waals surface area contributed by atoms with Gasteiger partial charge in [0.2, 0.25) is 0 Å². The van der Waals surface area contributed by atoms with Crippen LogP contribution in [0.3, 0.4) is 0 Å². The smallest absolute Gasteiger partial charge is 0.270 e. The van der Waals surface area contributed by atoms with Crippen molar-refractivity contribution in [1.82, 2.24) is 5.32 Å². The SMILES string of the molecule is COc1ccc([C@@H](CC(=O)[O-])NC(=O)c2cccc([N+](=O)[O-])c2)cc1OC. The van der Waals surface area contributed by atoms with Crippen LogP contribution in [0.1, 0.15) is 28.4 Å². The van der Waals surface area contributed by atoms with Crippen molar-refractivity contribution >= 4 is 17.6 Å². The number of hydrogen-bond acceptors (Lipinski definition) is 7. The summed E-state index contributed by atoms with van der Waals surface area (Å²) in [6.45, 7) is 0. The first-order valence-corrected chi connectivity index (χ1v) is 7.82. The fourth-order valence-electron chi connectivity index (χ4n) is 2.49. The number of carboxylic acids is 1. The standard InChI is InChI=1S/C18H18N2O7/c1-26-15-7-6-11(9-16(15)27-2)14(10-17(21)22)19-18(23)12-4-3-5-13(8-12)20(24)25/h3-9,14H,10H2,1-2H3,(H,19,23)(H,21,22)/p-1/t14-/m1/s1. The Hall–Kier alpha value is -3.62. The summed E-state index contributed by atoms with van der Waals surface area (Å²) >= 11 is 0. The van der Waals surface area contributed by atoms with Crippen LogP contribution in [-0.4, -0.2) is 31.0 Å². The fourth-order valence-corrected chi connectivity index (χ4v) is 2.49. The highest BCUT2D eigenvalue weighted by atomic mass is 16.6. The van der Waals surface area contributed by atoms with E-state index in [2.05, 4.69) is 5.32 Å². The van der Waals surface area contributed by atoms with Gasteiger partial charge in [-0.25, -0.2) is 0 Å². The number of nitro benzene ring substituents is 1. The van der Waals surface area contributed by atoms with Gasteiger partial charge in [0.15, 0.2) is 11.5 Å². The average molecular weight is 373 g/mol. The highest BCUT2D eigenvalue weighted by Crippen LogP contribution is 2.31. The number of amides is 1. The van der Waals surface area contributed by atoms with Crippen molar-refractivity contribution in [1.29, 1.82) is 0 Å². The van der Waals surface area contributed by atoms with Crippen molar-refractivity contribution in [2.45, 2.75) is 12.5 Å². The van der Waals surface area contributed by atoms with Crippen LogP contribution in [0.2, 0.25) is 0 Å². The minimum absolute atomic E-state index is 0.0352. The number of benzene rings is 2. The lowest BCUT2D eigenvalue weighted by atomic mass is 10.0. The normalized spacial score (nSPS) is 11.3. The monoisotopic (exact) mass is 373 g/mol. The Morgan fingerprint density at radius 2 is 1.81 bits per heavy atom. The minimum atomic E-state index is -1.37. The highest BCUT2D eigenvalue weighted by Gasteiger charge is 2.19. The molecule has 0 aliphatic heterocycles. The Balaban J connectivity index is 2.32. The maximum atomic E-state index is 12.5. The average Bonchev–Trinajstić information content (AvgIpc) is 2.66. The van der Waals surface area contributed by atoms with Crippen LogP contribution in [0.5, 0.6) is 11.5 Å². The number of nitrogens with zero attached hydrogens (tertiary/aromatic N) is 1. The molecule has 0 radical (unpaired) electrons. The first kappa shape index (κ1) is 19.7. The first-order chi connectivity index (χ1) is 12.8. The second kappa shape index (κ2) is 8.65. The van der Waals surface area contributed by atoms with Crippen molar-refractivity contribution in [3.63, 3.8) is 0 Å². The van der Waals surface area contributed by atoms with E-state index in [0.29, 0.717) is 17.1 Å². The third kappa shape index (κ3) is 4.94. The van der Waals surface area contributed by atoms with Crippen molar-refractivity contribution < 1.29 is 29.1 Å². The molecule has 9 nitrogen and oxygen atoms in total. The third-order valence-corrected chi connectivity index (χ3v) is 3.81. The number of rotatable bonds is 8. The van der Waals surface area contributed by atoms with E-state index in [0.717, 1.165) is 6.07 Å². The molecule has 27 heavy (non-hydrogen) atoms. The lowest BCUT2D eigenvalue weighted by Crippen LogP contribution is -2.34. The molecule has 2 rings (SSSR count). The van der Waals surface area contributed by atoms with E-state index < -0.39 is 29.3 Å². The van der Waals surface area contributed by atoms with E-state index in [1.165, 1.54) is 32.4 Å². The fraction of sp³-hybridized carbons (Fsp3) is 0.222. The molecule has 0 bridgehead atoms. The molecule has 2 aromatic rings. The summed E-state index contributed by atoms with van der Waals surface area (Å²) in [5, 5.41) is 24.5. The zero-order valence-corrected chi connectivity index (χ0v) is 14.6. The first-order valence-electron chi connectivity index (χ1n) is 7.82. The number of methoxy groups -OCH3 is 2. The van der Waals surface area contributed by atoms with Gasteiger partial charge >= 0.3 is 0 Å². The molecule has 142 valence electrons. The summed E-state index contributed by atoms with van der Waals surface area (Å²) in [5.41, 5.74) is 0.244. The van der Waals surface area contributed by atoms with E-state index in [1.54, 1.807) is 18.2 Å². The van der Waals surface area contributed by atoms with Gasteiger partial charge in [-0.15, -0.1) is 0 Å². The zero-order chi connectivity index (χ0) is 20.0. The number of aliphatic carboxylic acids is 1. The Morgan fingerprint density at radius 3 is 2.41 bits per heavy atom. The maximum Gasteiger partial charge on any atom is 0.270 e. The van der Waals surface area contributed by atoms with E-state index in [-0.39, 0.29) is 11.3 Å². The van der Waals surface area contributed by atoms with Crippen molar-refractivity contribution in [3.8, 4) is 11.5 Å². The molecule has 2 aromatic carbocycles. The van der Waals surface area contributed by atoms with Gasteiger partial charge in [0.1, 0.15) is 0 Å². The predicted molar refractivity (Wildman–Crippen MR) is 92.5 cm³/mol. The third-order valence-electron chi connectivity index (χ3n) is 3.81. The molecule has 0 aromatic heterocycles. The Labute approximate surface area is 154 Å². The number of hydrogen-bond donors (Lipinski definition) is 1. The quantitative estimate of drug-likeness (QED) is 0.544. The number of nitro groups is 1. The molecule has 1 atom stereocenters. The molecule has 9 heteroatoms.